The molecule has 0 radical (unpaired) electrons. The van der Waals surface area contributed by atoms with Gasteiger partial charge < -0.3 is 14.7 Å². The van der Waals surface area contributed by atoms with Gasteiger partial charge in [0.2, 0.25) is 0 Å². The molecule has 1 fully saturated rings. The Labute approximate surface area is 214 Å². The summed E-state index contributed by atoms with van der Waals surface area (Å²) in [5, 5.41) is 10.3. The first kappa shape index (κ1) is 25.4. The Morgan fingerprint density at radius 2 is 1.92 bits per heavy atom. The Balaban J connectivity index is 1.24. The van der Waals surface area contributed by atoms with Crippen LogP contribution in [0.3, 0.4) is 0 Å². The lowest BCUT2D eigenvalue weighted by Gasteiger charge is -2.39. The number of hydrogen-bond acceptors (Lipinski definition) is 6. The fraction of sp³-hybridized carbons (Fsp3) is 0.393. The Bertz CT molecular complexity index is 1290. The van der Waals surface area contributed by atoms with Crippen molar-refractivity contribution in [2.24, 2.45) is 0 Å². The molecular formula is C28H30F2N4O3. The van der Waals surface area contributed by atoms with Crippen LogP contribution in [0.1, 0.15) is 49.1 Å². The number of carbonyl (C=O) groups is 1. The Morgan fingerprint density at radius 1 is 1.14 bits per heavy atom. The number of halogens is 2. The molecule has 194 valence electrons. The normalized spacial score (nSPS) is 17.1. The van der Waals surface area contributed by atoms with Gasteiger partial charge in [-0.15, -0.1) is 0 Å². The average Bonchev–Trinajstić information content (AvgIpc) is 3.24. The zero-order valence-electron chi connectivity index (χ0n) is 21.0. The van der Waals surface area contributed by atoms with Gasteiger partial charge >= 0.3 is 0 Å². The molecule has 1 spiro atoms. The number of carbonyl (C=O) groups excluding carboxylic acids is 1. The van der Waals surface area contributed by atoms with E-state index >= 15 is 0 Å². The molecule has 7 nitrogen and oxygen atoms in total. The van der Waals surface area contributed by atoms with Crippen LogP contribution in [0.4, 0.5) is 14.5 Å². The fourth-order valence-electron chi connectivity index (χ4n) is 5.06. The third-order valence-electron chi connectivity index (χ3n) is 7.17. The molecule has 37 heavy (non-hydrogen) atoms. The molecule has 2 aliphatic rings. The van der Waals surface area contributed by atoms with Gasteiger partial charge in [0.1, 0.15) is 5.60 Å². The second-order valence-electron chi connectivity index (χ2n) is 10.3. The summed E-state index contributed by atoms with van der Waals surface area (Å²) >= 11 is 0. The molecule has 9 heteroatoms. The molecule has 3 aromatic rings. The first-order valence-corrected chi connectivity index (χ1v) is 12.4. The first-order chi connectivity index (χ1) is 17.6. The molecule has 1 saturated heterocycles. The van der Waals surface area contributed by atoms with Crippen molar-refractivity contribution in [2.75, 3.05) is 18.0 Å². The zero-order chi connectivity index (χ0) is 26.2. The Kier molecular flexibility index (Phi) is 6.78. The highest BCUT2D eigenvalue weighted by atomic mass is 19.2. The molecule has 0 bridgehead atoms. The summed E-state index contributed by atoms with van der Waals surface area (Å²) in [5.74, 6) is -2.72. The minimum absolute atomic E-state index is 0.00515. The van der Waals surface area contributed by atoms with Gasteiger partial charge in [-0.25, -0.2) is 8.78 Å². The SMILES string of the molecule is CC(C)(O)C(=O)N(Cc1ccc(CN2CCC3(CC2)OCc2ccncc23)cn1)c1ccc(F)c(F)c1. The summed E-state index contributed by atoms with van der Waals surface area (Å²) < 4.78 is 33.6. The first-order valence-electron chi connectivity index (χ1n) is 12.4. The molecule has 0 unspecified atom stereocenters. The highest BCUT2D eigenvalue weighted by molar-refractivity contribution is 5.98. The number of amides is 1. The van der Waals surface area contributed by atoms with Gasteiger partial charge in [-0.05, 0) is 62.1 Å². The van der Waals surface area contributed by atoms with Crippen molar-refractivity contribution in [3.8, 4) is 0 Å². The van der Waals surface area contributed by atoms with E-state index in [1.807, 2.05) is 30.6 Å². The van der Waals surface area contributed by atoms with Gasteiger partial charge in [-0.2, -0.15) is 0 Å². The lowest BCUT2D eigenvalue weighted by Crippen LogP contribution is -2.45. The topological polar surface area (TPSA) is 78.8 Å². The van der Waals surface area contributed by atoms with Crippen LogP contribution >= 0.6 is 0 Å². The van der Waals surface area contributed by atoms with Gasteiger partial charge in [0.25, 0.3) is 5.91 Å². The van der Waals surface area contributed by atoms with E-state index in [1.54, 1.807) is 6.20 Å². The summed E-state index contributed by atoms with van der Waals surface area (Å²) in [5.41, 5.74) is 2.24. The van der Waals surface area contributed by atoms with Crippen molar-refractivity contribution in [2.45, 2.75) is 57.6 Å². The smallest absolute Gasteiger partial charge is 0.258 e. The molecule has 1 N–H and O–H groups in total. The average molecular weight is 509 g/mol. The molecule has 0 atom stereocenters. The highest BCUT2D eigenvalue weighted by Crippen LogP contribution is 2.43. The lowest BCUT2D eigenvalue weighted by molar-refractivity contribution is -0.133. The summed E-state index contributed by atoms with van der Waals surface area (Å²) in [4.78, 5) is 25.3. The summed E-state index contributed by atoms with van der Waals surface area (Å²) in [7, 11) is 0. The predicted molar refractivity (Wildman–Crippen MR) is 133 cm³/mol. The van der Waals surface area contributed by atoms with E-state index in [1.165, 1.54) is 35.9 Å². The molecule has 2 aliphatic heterocycles. The van der Waals surface area contributed by atoms with E-state index < -0.39 is 23.1 Å². The van der Waals surface area contributed by atoms with Crippen molar-refractivity contribution >= 4 is 11.6 Å². The number of aliphatic hydroxyl groups is 1. The Hall–Kier alpha value is -3.27. The third kappa shape index (κ3) is 5.25. The molecule has 4 heterocycles. The van der Waals surface area contributed by atoms with Crippen LogP contribution in [0, 0.1) is 11.6 Å². The number of nitrogens with zero attached hydrogens (tertiary/aromatic N) is 4. The van der Waals surface area contributed by atoms with E-state index in [9.17, 15) is 18.7 Å². The number of anilines is 1. The number of ether oxygens (including phenoxy) is 1. The summed E-state index contributed by atoms with van der Waals surface area (Å²) in [6.07, 6.45) is 7.32. The van der Waals surface area contributed by atoms with E-state index in [0.29, 0.717) is 12.3 Å². The van der Waals surface area contributed by atoms with Crippen molar-refractivity contribution in [3.63, 3.8) is 0 Å². The minimum Gasteiger partial charge on any atom is -0.381 e. The summed E-state index contributed by atoms with van der Waals surface area (Å²) in [6, 6.07) is 9.01. The van der Waals surface area contributed by atoms with Crippen LogP contribution in [-0.4, -0.2) is 44.6 Å². The Morgan fingerprint density at radius 3 is 2.59 bits per heavy atom. The van der Waals surface area contributed by atoms with E-state index in [-0.39, 0.29) is 17.8 Å². The minimum atomic E-state index is -1.70. The molecular weight excluding hydrogens is 478 g/mol. The van der Waals surface area contributed by atoms with Crippen LogP contribution in [0.5, 0.6) is 0 Å². The number of pyridine rings is 2. The van der Waals surface area contributed by atoms with Crippen LogP contribution in [-0.2, 0) is 34.8 Å². The van der Waals surface area contributed by atoms with Gasteiger partial charge in [-0.1, -0.05) is 6.07 Å². The molecule has 1 aromatic carbocycles. The van der Waals surface area contributed by atoms with Gasteiger partial charge in [0.15, 0.2) is 11.6 Å². The van der Waals surface area contributed by atoms with E-state index in [0.717, 1.165) is 50.2 Å². The highest BCUT2D eigenvalue weighted by Gasteiger charge is 2.42. The largest absolute Gasteiger partial charge is 0.381 e. The van der Waals surface area contributed by atoms with Crippen LogP contribution in [0.2, 0.25) is 0 Å². The van der Waals surface area contributed by atoms with Gasteiger partial charge in [-0.3, -0.25) is 19.7 Å². The molecule has 5 rings (SSSR count). The van der Waals surface area contributed by atoms with Gasteiger partial charge in [0.05, 0.1) is 24.4 Å². The molecule has 1 amide bonds. The number of fused-ring (bicyclic) bond motifs is 2. The number of piperidine rings is 1. The fourth-order valence-corrected chi connectivity index (χ4v) is 5.06. The number of benzene rings is 1. The third-order valence-corrected chi connectivity index (χ3v) is 7.17. The number of hydrogen-bond donors (Lipinski definition) is 1. The maximum atomic E-state index is 13.9. The van der Waals surface area contributed by atoms with Crippen molar-refractivity contribution in [1.82, 2.24) is 14.9 Å². The number of rotatable bonds is 6. The van der Waals surface area contributed by atoms with Crippen LogP contribution < -0.4 is 4.90 Å². The zero-order valence-corrected chi connectivity index (χ0v) is 21.0. The van der Waals surface area contributed by atoms with Crippen molar-refractivity contribution in [1.29, 1.82) is 0 Å². The maximum Gasteiger partial charge on any atom is 0.258 e. The van der Waals surface area contributed by atoms with Crippen LogP contribution in [0.25, 0.3) is 0 Å². The van der Waals surface area contributed by atoms with E-state index in [4.69, 9.17) is 4.74 Å². The molecule has 2 aromatic heterocycles. The van der Waals surface area contributed by atoms with E-state index in [2.05, 4.69) is 14.9 Å². The van der Waals surface area contributed by atoms with Crippen LogP contribution in [0.15, 0.2) is 55.0 Å². The quantitative estimate of drug-likeness (QED) is 0.541. The van der Waals surface area contributed by atoms with Crippen molar-refractivity contribution < 1.29 is 23.4 Å². The second kappa shape index (κ2) is 9.89. The monoisotopic (exact) mass is 508 g/mol. The predicted octanol–water partition coefficient (Wildman–Crippen LogP) is 4.08. The second-order valence-corrected chi connectivity index (χ2v) is 10.3. The lowest BCUT2D eigenvalue weighted by atomic mass is 9.84. The van der Waals surface area contributed by atoms with Crippen molar-refractivity contribution in [3.05, 3.63) is 89.0 Å². The molecule has 0 saturated carbocycles. The summed E-state index contributed by atoms with van der Waals surface area (Å²) in [6.45, 7) is 5.87. The van der Waals surface area contributed by atoms with Gasteiger partial charge in [0, 0.05) is 55.5 Å². The number of likely N-dealkylation sites (tertiary alicyclic amines) is 1. The molecule has 0 aliphatic carbocycles. The maximum absolute atomic E-state index is 13.9. The standard InChI is InChI=1S/C28H30F2N4O3/c1-27(2,36)26(35)34(22-5-6-24(29)25(30)13-22)17-21-4-3-19(14-32-21)16-33-11-8-28(9-12-33)23-15-31-10-7-20(23)18-37-28/h3-7,10,13-15,36H,8-9,11-12,16-18H2,1-2H3. The number of aromatic nitrogens is 2.